The van der Waals surface area contributed by atoms with Crippen LogP contribution in [0.4, 0.5) is 29.2 Å². The number of amides is 1. The Kier molecular flexibility index (Phi) is 13.9. The van der Waals surface area contributed by atoms with Crippen molar-refractivity contribution in [2.45, 2.75) is 19.4 Å². The molecule has 0 saturated heterocycles. The fourth-order valence-electron chi connectivity index (χ4n) is 4.67. The highest BCUT2D eigenvalue weighted by molar-refractivity contribution is 6.42. The van der Waals surface area contributed by atoms with Gasteiger partial charge in [-0.1, -0.05) is 59.6 Å². The molecule has 0 bridgehead atoms. The topological polar surface area (TPSA) is 160 Å². The van der Waals surface area contributed by atoms with Gasteiger partial charge in [0.15, 0.2) is 5.78 Å². The molecule has 51 heavy (non-hydrogen) atoms. The zero-order valence-electron chi connectivity index (χ0n) is 27.6. The maximum Gasteiger partial charge on any atom is 0.251 e. The summed E-state index contributed by atoms with van der Waals surface area (Å²) < 4.78 is 11.3. The molecular formula is C37H37Cl2N7O5. The first kappa shape index (κ1) is 37.0. The Morgan fingerprint density at radius 1 is 0.667 bits per heavy atom. The van der Waals surface area contributed by atoms with Crippen LogP contribution in [0.3, 0.4) is 0 Å². The molecule has 12 nitrogen and oxygen atoms in total. The Morgan fingerprint density at radius 2 is 1.29 bits per heavy atom. The number of rotatable bonds is 19. The van der Waals surface area contributed by atoms with Crippen LogP contribution in [-0.2, 0) is 16.0 Å². The van der Waals surface area contributed by atoms with Crippen molar-refractivity contribution in [3.05, 3.63) is 124 Å². The molecule has 0 aliphatic rings. The lowest BCUT2D eigenvalue weighted by Gasteiger charge is -2.12. The second-order valence-corrected chi connectivity index (χ2v) is 12.0. The minimum atomic E-state index is -0.247. The fraction of sp³-hybridized carbons (Fsp3) is 0.216. The zero-order valence-corrected chi connectivity index (χ0v) is 29.1. The summed E-state index contributed by atoms with van der Waals surface area (Å²) in [6.07, 6.45) is 1.08. The van der Waals surface area contributed by atoms with Gasteiger partial charge in [-0.3, -0.25) is 9.59 Å². The van der Waals surface area contributed by atoms with E-state index in [0.29, 0.717) is 90.9 Å². The Hall–Kier alpha value is -5.27. The van der Waals surface area contributed by atoms with Gasteiger partial charge in [0.05, 0.1) is 29.9 Å². The minimum absolute atomic E-state index is 0.107. The number of carbonyl (C=O) groups is 2. The molecule has 5 rings (SSSR count). The van der Waals surface area contributed by atoms with Gasteiger partial charge in [-0.05, 0) is 72.6 Å². The molecule has 1 amide bonds. The lowest BCUT2D eigenvalue weighted by atomic mass is 10.1. The molecule has 5 N–H and O–H groups in total. The van der Waals surface area contributed by atoms with E-state index in [1.54, 1.807) is 66.7 Å². The molecule has 1 heterocycles. The molecular weight excluding hydrogens is 693 g/mol. The number of hydrogen-bond donors (Lipinski definition) is 5. The van der Waals surface area contributed by atoms with E-state index in [1.165, 1.54) is 0 Å². The number of benzene rings is 4. The molecule has 5 aromatic rings. The first-order chi connectivity index (χ1) is 24.8. The molecule has 0 saturated carbocycles. The highest BCUT2D eigenvalue weighted by Gasteiger charge is 2.11. The number of ketones is 1. The zero-order chi connectivity index (χ0) is 35.8. The normalized spacial score (nSPS) is 10.8. The van der Waals surface area contributed by atoms with Crippen molar-refractivity contribution in [2.75, 3.05) is 48.9 Å². The highest BCUT2D eigenvalue weighted by atomic mass is 35.5. The van der Waals surface area contributed by atoms with E-state index >= 15 is 0 Å². The number of anilines is 5. The average Bonchev–Trinajstić information content (AvgIpc) is 3.14. The van der Waals surface area contributed by atoms with Crippen LogP contribution in [0.2, 0.25) is 10.0 Å². The number of Topliss-reactive ketones (excluding diaryl/α,β-unsaturated/α-hetero) is 1. The number of carbonyl (C=O) groups excluding carboxylic acids is 2. The van der Waals surface area contributed by atoms with Crippen molar-refractivity contribution in [1.29, 1.82) is 0 Å². The van der Waals surface area contributed by atoms with Crippen LogP contribution >= 0.6 is 23.2 Å². The highest BCUT2D eigenvalue weighted by Crippen LogP contribution is 2.23. The molecule has 0 atom stereocenters. The van der Waals surface area contributed by atoms with Crippen LogP contribution in [0.1, 0.15) is 39.1 Å². The molecule has 0 aliphatic carbocycles. The monoisotopic (exact) mass is 729 g/mol. The molecule has 264 valence electrons. The van der Waals surface area contributed by atoms with Crippen LogP contribution in [0.25, 0.3) is 0 Å². The molecule has 0 aliphatic heterocycles. The van der Waals surface area contributed by atoms with Crippen LogP contribution in [0.15, 0.2) is 97.1 Å². The van der Waals surface area contributed by atoms with E-state index in [4.69, 9.17) is 32.7 Å². The summed E-state index contributed by atoms with van der Waals surface area (Å²) >= 11 is 12.1. The SMILES string of the molecule is O=C(CCCOCCOCCNc1nc(Nc2ccc(O)cc2)nc(Nc2ccc(C(=O)NCc3ccc(Cl)c(Cl)c3)cc2)n1)c1ccccc1. The molecule has 14 heteroatoms. The van der Waals surface area contributed by atoms with Gasteiger partial charge in [0, 0.05) is 48.6 Å². The average molecular weight is 731 g/mol. The lowest BCUT2D eigenvalue weighted by molar-refractivity contribution is 0.0497. The first-order valence-corrected chi connectivity index (χ1v) is 17.0. The minimum Gasteiger partial charge on any atom is -0.508 e. The van der Waals surface area contributed by atoms with Gasteiger partial charge >= 0.3 is 0 Å². The van der Waals surface area contributed by atoms with Crippen LogP contribution in [-0.4, -0.2) is 64.7 Å². The fourth-order valence-corrected chi connectivity index (χ4v) is 4.99. The number of ether oxygens (including phenoxy) is 2. The maximum atomic E-state index is 12.7. The molecule has 0 fully saturated rings. The first-order valence-electron chi connectivity index (χ1n) is 16.2. The van der Waals surface area contributed by atoms with Gasteiger partial charge < -0.3 is 35.8 Å². The summed E-state index contributed by atoms with van der Waals surface area (Å²) in [5.41, 5.74) is 3.33. The number of phenols is 1. The van der Waals surface area contributed by atoms with Gasteiger partial charge in [0.2, 0.25) is 17.8 Å². The summed E-state index contributed by atoms with van der Waals surface area (Å²) in [6, 6.07) is 27.8. The van der Waals surface area contributed by atoms with E-state index < -0.39 is 0 Å². The number of aromatic hydroxyl groups is 1. The molecule has 0 spiro atoms. The third kappa shape index (κ3) is 12.2. The lowest BCUT2D eigenvalue weighted by Crippen LogP contribution is -2.22. The summed E-state index contributed by atoms with van der Waals surface area (Å²) in [6.45, 7) is 2.38. The van der Waals surface area contributed by atoms with Crippen molar-refractivity contribution >= 4 is 64.1 Å². The summed E-state index contributed by atoms with van der Waals surface area (Å²) in [4.78, 5) is 38.4. The van der Waals surface area contributed by atoms with Crippen molar-refractivity contribution in [2.24, 2.45) is 0 Å². The third-order valence-corrected chi connectivity index (χ3v) is 8.03. The largest absolute Gasteiger partial charge is 0.508 e. The number of halogens is 2. The predicted octanol–water partition coefficient (Wildman–Crippen LogP) is 7.41. The van der Waals surface area contributed by atoms with Crippen molar-refractivity contribution in [3.8, 4) is 5.75 Å². The molecule has 0 unspecified atom stereocenters. The standard InChI is InChI=1S/C37H37Cl2N7O5/c38-31-17-8-25(23-32(31)39)24-41-34(49)27-9-11-28(12-10-27)42-36-44-35(45-37(46-36)43-29-13-15-30(47)16-14-29)40-18-20-51-22-21-50-19-4-7-33(48)26-5-2-1-3-6-26/h1-3,5-6,8-17,23,47H,4,7,18-22,24H2,(H,41,49)(H3,40,42,43,44,45,46). The number of nitrogens with zero attached hydrogens (tertiary/aromatic N) is 3. The van der Waals surface area contributed by atoms with Gasteiger partial charge in [-0.25, -0.2) is 0 Å². The quantitative estimate of drug-likeness (QED) is 0.0327. The van der Waals surface area contributed by atoms with Crippen molar-refractivity contribution in [3.63, 3.8) is 0 Å². The summed E-state index contributed by atoms with van der Waals surface area (Å²) in [5, 5.41) is 22.8. The number of nitrogens with one attached hydrogen (secondary N) is 4. The van der Waals surface area contributed by atoms with Crippen LogP contribution in [0, 0.1) is 0 Å². The van der Waals surface area contributed by atoms with Crippen molar-refractivity contribution < 1.29 is 24.2 Å². The smallest absolute Gasteiger partial charge is 0.251 e. The van der Waals surface area contributed by atoms with E-state index in [1.807, 2.05) is 30.3 Å². The Labute approximate surface area is 305 Å². The van der Waals surface area contributed by atoms with E-state index in [0.717, 1.165) is 5.56 Å². The molecule has 4 aromatic carbocycles. The Balaban J connectivity index is 1.09. The van der Waals surface area contributed by atoms with Crippen molar-refractivity contribution in [1.82, 2.24) is 20.3 Å². The summed E-state index contributed by atoms with van der Waals surface area (Å²) in [7, 11) is 0. The van der Waals surface area contributed by atoms with Crippen LogP contribution < -0.4 is 21.3 Å². The van der Waals surface area contributed by atoms with E-state index in [9.17, 15) is 14.7 Å². The van der Waals surface area contributed by atoms with Crippen LogP contribution in [0.5, 0.6) is 5.75 Å². The summed E-state index contributed by atoms with van der Waals surface area (Å²) in [5.74, 6) is 0.815. The predicted molar refractivity (Wildman–Crippen MR) is 199 cm³/mol. The van der Waals surface area contributed by atoms with Gasteiger partial charge in [0.1, 0.15) is 5.75 Å². The van der Waals surface area contributed by atoms with E-state index in [-0.39, 0.29) is 29.3 Å². The third-order valence-electron chi connectivity index (χ3n) is 7.29. The van der Waals surface area contributed by atoms with Gasteiger partial charge in [-0.2, -0.15) is 15.0 Å². The number of phenolic OH excluding ortho intramolecular Hbond substituents is 1. The maximum absolute atomic E-state index is 12.7. The Bertz CT molecular complexity index is 1880. The Morgan fingerprint density at radius 3 is 1.96 bits per heavy atom. The molecule has 1 aromatic heterocycles. The van der Waals surface area contributed by atoms with Gasteiger partial charge in [-0.15, -0.1) is 0 Å². The molecule has 0 radical (unpaired) electrons. The van der Waals surface area contributed by atoms with E-state index in [2.05, 4.69) is 36.2 Å². The number of aromatic nitrogens is 3. The second-order valence-electron chi connectivity index (χ2n) is 11.2. The number of hydrogen-bond acceptors (Lipinski definition) is 11. The second kappa shape index (κ2) is 19.2. The van der Waals surface area contributed by atoms with Gasteiger partial charge in [0.25, 0.3) is 5.91 Å².